The van der Waals surface area contributed by atoms with Crippen molar-refractivity contribution >= 4 is 28.4 Å². The molecule has 0 aliphatic carbocycles. The molecule has 0 saturated heterocycles. The van der Waals surface area contributed by atoms with Gasteiger partial charge in [0.15, 0.2) is 11.3 Å². The summed E-state index contributed by atoms with van der Waals surface area (Å²) in [5, 5.41) is 0.708. The molecule has 7 heteroatoms. The third-order valence-electron chi connectivity index (χ3n) is 5.35. The first-order valence-electron chi connectivity index (χ1n) is 9.41. The SMILES string of the molecule is [C-]#[N+]c1ccc2oc(CN3CCc4nc(-c5ccccc5Cl)n(C)c4C3)nc2c1. The minimum absolute atomic E-state index is 0.571. The van der Waals surface area contributed by atoms with E-state index in [4.69, 9.17) is 27.6 Å². The van der Waals surface area contributed by atoms with Gasteiger partial charge in [-0.05, 0) is 24.3 Å². The molecule has 0 atom stereocenters. The number of imidazole rings is 1. The van der Waals surface area contributed by atoms with E-state index in [-0.39, 0.29) is 0 Å². The maximum atomic E-state index is 7.14. The van der Waals surface area contributed by atoms with Gasteiger partial charge < -0.3 is 8.98 Å². The van der Waals surface area contributed by atoms with E-state index in [1.807, 2.05) is 37.4 Å². The molecule has 0 amide bonds. The molecule has 3 heterocycles. The number of benzene rings is 2. The number of halogens is 1. The maximum Gasteiger partial charge on any atom is 0.209 e. The highest BCUT2D eigenvalue weighted by atomic mass is 35.5. The van der Waals surface area contributed by atoms with E-state index >= 15 is 0 Å². The molecule has 2 aromatic heterocycles. The van der Waals surface area contributed by atoms with Crippen molar-refractivity contribution in [2.24, 2.45) is 7.05 Å². The third kappa shape index (κ3) is 3.19. The molecular formula is C22H18ClN5O. The average molecular weight is 404 g/mol. The molecule has 0 radical (unpaired) electrons. The Morgan fingerprint density at radius 1 is 1.21 bits per heavy atom. The second kappa shape index (κ2) is 7.03. The number of oxazole rings is 1. The van der Waals surface area contributed by atoms with Crippen molar-refractivity contribution in [3.8, 4) is 11.4 Å². The van der Waals surface area contributed by atoms with Crippen LogP contribution in [0.5, 0.6) is 0 Å². The fourth-order valence-corrected chi connectivity index (χ4v) is 4.07. The quantitative estimate of drug-likeness (QED) is 0.452. The Labute approximate surface area is 173 Å². The Hall–Kier alpha value is -3.14. The Balaban J connectivity index is 1.40. The summed E-state index contributed by atoms with van der Waals surface area (Å²) in [4.78, 5) is 15.2. The van der Waals surface area contributed by atoms with Crippen molar-refractivity contribution < 1.29 is 4.42 Å². The Morgan fingerprint density at radius 2 is 2.07 bits per heavy atom. The summed E-state index contributed by atoms with van der Waals surface area (Å²) in [6, 6.07) is 13.1. The molecule has 4 aromatic rings. The standard InChI is InChI=1S/C22H18ClN5O/c1-24-14-7-8-20-18(11-14)25-21(29-20)13-28-10-9-17-19(12-28)27(2)22(26-17)15-5-3-4-6-16(15)23/h3-8,11H,9-10,12-13H2,2H3. The molecule has 1 aliphatic rings. The van der Waals surface area contributed by atoms with Crippen LogP contribution in [-0.2, 0) is 26.6 Å². The molecule has 0 spiro atoms. The van der Waals surface area contributed by atoms with Gasteiger partial charge in [-0.15, -0.1) is 0 Å². The summed E-state index contributed by atoms with van der Waals surface area (Å²) in [5.74, 6) is 1.56. The number of nitrogens with zero attached hydrogens (tertiary/aromatic N) is 5. The highest BCUT2D eigenvalue weighted by molar-refractivity contribution is 6.33. The monoisotopic (exact) mass is 403 g/mol. The summed E-state index contributed by atoms with van der Waals surface area (Å²) in [5.41, 5.74) is 5.28. The second-order valence-corrected chi connectivity index (χ2v) is 7.61. The van der Waals surface area contributed by atoms with Crippen molar-refractivity contribution in [3.63, 3.8) is 0 Å². The lowest BCUT2D eigenvalue weighted by atomic mass is 10.1. The van der Waals surface area contributed by atoms with Crippen LogP contribution >= 0.6 is 11.6 Å². The van der Waals surface area contributed by atoms with Crippen LogP contribution in [0.3, 0.4) is 0 Å². The van der Waals surface area contributed by atoms with Crippen LogP contribution < -0.4 is 0 Å². The van der Waals surface area contributed by atoms with E-state index in [2.05, 4.69) is 19.3 Å². The predicted octanol–water partition coefficient (Wildman–Crippen LogP) is 4.99. The van der Waals surface area contributed by atoms with Crippen LogP contribution in [0.1, 0.15) is 17.3 Å². The van der Waals surface area contributed by atoms with Gasteiger partial charge in [-0.2, -0.15) is 0 Å². The van der Waals surface area contributed by atoms with Gasteiger partial charge in [0.25, 0.3) is 0 Å². The van der Waals surface area contributed by atoms with E-state index < -0.39 is 0 Å². The number of hydrogen-bond acceptors (Lipinski definition) is 4. The van der Waals surface area contributed by atoms with E-state index in [9.17, 15) is 0 Å². The van der Waals surface area contributed by atoms with E-state index in [1.54, 1.807) is 12.1 Å². The number of hydrogen-bond donors (Lipinski definition) is 0. The largest absolute Gasteiger partial charge is 0.439 e. The fraction of sp³-hybridized carbons (Fsp3) is 0.227. The highest BCUT2D eigenvalue weighted by Gasteiger charge is 2.25. The molecule has 5 rings (SSSR count). The lowest BCUT2D eigenvalue weighted by molar-refractivity contribution is 0.217. The normalized spacial score (nSPS) is 14.1. The zero-order chi connectivity index (χ0) is 20.0. The average Bonchev–Trinajstić information content (AvgIpc) is 3.28. The third-order valence-corrected chi connectivity index (χ3v) is 5.68. The van der Waals surface area contributed by atoms with Crippen LogP contribution in [-0.4, -0.2) is 26.0 Å². The van der Waals surface area contributed by atoms with Gasteiger partial charge >= 0.3 is 0 Å². The smallest absolute Gasteiger partial charge is 0.209 e. The summed E-state index contributed by atoms with van der Waals surface area (Å²) >= 11 is 6.39. The van der Waals surface area contributed by atoms with Gasteiger partial charge in [0, 0.05) is 32.1 Å². The van der Waals surface area contributed by atoms with Gasteiger partial charge in [0.2, 0.25) is 5.89 Å². The van der Waals surface area contributed by atoms with Crippen molar-refractivity contribution in [2.75, 3.05) is 6.54 Å². The summed E-state index contributed by atoms with van der Waals surface area (Å²) in [7, 11) is 2.04. The number of fused-ring (bicyclic) bond motifs is 2. The fourth-order valence-electron chi connectivity index (χ4n) is 3.85. The van der Waals surface area contributed by atoms with Gasteiger partial charge in [-0.25, -0.2) is 14.8 Å². The van der Waals surface area contributed by atoms with Gasteiger partial charge in [-0.1, -0.05) is 29.8 Å². The maximum absolute atomic E-state index is 7.14. The summed E-state index contributed by atoms with van der Waals surface area (Å²) in [6.07, 6.45) is 0.871. The molecule has 0 N–H and O–H groups in total. The zero-order valence-electron chi connectivity index (χ0n) is 15.9. The van der Waals surface area contributed by atoms with Crippen molar-refractivity contribution in [1.82, 2.24) is 19.4 Å². The van der Waals surface area contributed by atoms with Crippen molar-refractivity contribution in [2.45, 2.75) is 19.5 Å². The van der Waals surface area contributed by atoms with Crippen LogP contribution in [0.4, 0.5) is 5.69 Å². The Morgan fingerprint density at radius 3 is 2.90 bits per heavy atom. The highest BCUT2D eigenvalue weighted by Crippen LogP contribution is 2.31. The van der Waals surface area contributed by atoms with Gasteiger partial charge in [0.05, 0.1) is 35.0 Å². The molecule has 2 aromatic carbocycles. The first kappa shape index (κ1) is 17.9. The molecule has 0 saturated carbocycles. The van der Waals surface area contributed by atoms with Crippen molar-refractivity contribution in [3.05, 3.63) is 76.2 Å². The zero-order valence-corrected chi connectivity index (χ0v) is 16.6. The predicted molar refractivity (Wildman–Crippen MR) is 112 cm³/mol. The van der Waals surface area contributed by atoms with Crippen molar-refractivity contribution in [1.29, 1.82) is 0 Å². The summed E-state index contributed by atoms with van der Waals surface area (Å²) in [6.45, 7) is 9.42. The molecule has 6 nitrogen and oxygen atoms in total. The molecule has 29 heavy (non-hydrogen) atoms. The lowest BCUT2D eigenvalue weighted by Crippen LogP contribution is -2.31. The molecular weight excluding hydrogens is 386 g/mol. The van der Waals surface area contributed by atoms with Crippen LogP contribution in [0.2, 0.25) is 5.02 Å². The van der Waals surface area contributed by atoms with Crippen LogP contribution in [0.15, 0.2) is 46.9 Å². The van der Waals surface area contributed by atoms with Crippen LogP contribution in [0.25, 0.3) is 27.3 Å². The topological polar surface area (TPSA) is 51.5 Å². The van der Waals surface area contributed by atoms with E-state index in [0.29, 0.717) is 28.7 Å². The molecule has 0 bridgehead atoms. The molecule has 1 aliphatic heterocycles. The van der Waals surface area contributed by atoms with E-state index in [1.165, 1.54) is 5.69 Å². The number of rotatable bonds is 3. The van der Waals surface area contributed by atoms with Gasteiger partial charge in [0.1, 0.15) is 5.82 Å². The van der Waals surface area contributed by atoms with Crippen LogP contribution in [0, 0.1) is 6.57 Å². The summed E-state index contributed by atoms with van der Waals surface area (Å²) < 4.78 is 8.02. The Kier molecular flexibility index (Phi) is 4.35. The first-order valence-corrected chi connectivity index (χ1v) is 9.79. The molecule has 144 valence electrons. The molecule has 0 fully saturated rings. The Bertz CT molecular complexity index is 1270. The second-order valence-electron chi connectivity index (χ2n) is 7.20. The van der Waals surface area contributed by atoms with Gasteiger partial charge in [-0.3, -0.25) is 4.90 Å². The minimum Gasteiger partial charge on any atom is -0.439 e. The van der Waals surface area contributed by atoms with E-state index in [0.717, 1.165) is 42.1 Å². The lowest BCUT2D eigenvalue weighted by Gasteiger charge is -2.25. The minimum atomic E-state index is 0.571. The number of aromatic nitrogens is 3. The first-order chi connectivity index (χ1) is 14.1. The molecule has 0 unspecified atom stereocenters.